The first-order valence-electron chi connectivity index (χ1n) is 6.56. The number of anilines is 1. The van der Waals surface area contributed by atoms with E-state index in [4.69, 9.17) is 22.1 Å². The molecular formula is C16H16ClNOS. The summed E-state index contributed by atoms with van der Waals surface area (Å²) in [6, 6.07) is 11.9. The molecule has 104 valence electrons. The van der Waals surface area contributed by atoms with E-state index in [2.05, 4.69) is 25.1 Å². The van der Waals surface area contributed by atoms with Gasteiger partial charge in [-0.3, -0.25) is 0 Å². The maximum atomic E-state index is 6.17. The number of thioether (sulfide) groups is 1. The van der Waals surface area contributed by atoms with Crippen LogP contribution < -0.4 is 10.5 Å². The van der Waals surface area contributed by atoms with Crippen LogP contribution in [-0.4, -0.2) is 11.9 Å². The topological polar surface area (TPSA) is 35.2 Å². The van der Waals surface area contributed by atoms with Gasteiger partial charge in [0.1, 0.15) is 11.9 Å². The highest BCUT2D eigenvalue weighted by molar-refractivity contribution is 7.99. The molecule has 2 aromatic rings. The lowest BCUT2D eigenvalue weighted by molar-refractivity contribution is 0.259. The van der Waals surface area contributed by atoms with Crippen molar-refractivity contribution in [2.24, 2.45) is 0 Å². The fourth-order valence-corrected chi connectivity index (χ4v) is 3.61. The zero-order valence-corrected chi connectivity index (χ0v) is 12.8. The number of aryl methyl sites for hydroxylation is 1. The summed E-state index contributed by atoms with van der Waals surface area (Å²) >= 11 is 7.87. The molecule has 1 unspecified atom stereocenters. The molecule has 0 aliphatic carbocycles. The van der Waals surface area contributed by atoms with Crippen molar-refractivity contribution < 1.29 is 4.74 Å². The molecule has 0 radical (unpaired) electrons. The molecule has 0 saturated heterocycles. The third kappa shape index (κ3) is 2.89. The van der Waals surface area contributed by atoms with Crippen molar-refractivity contribution in [2.45, 2.75) is 24.3 Å². The largest absolute Gasteiger partial charge is 0.489 e. The number of halogens is 1. The maximum Gasteiger partial charge on any atom is 0.123 e. The Morgan fingerprint density at radius 3 is 3.00 bits per heavy atom. The first-order chi connectivity index (χ1) is 9.61. The molecule has 4 heteroatoms. The van der Waals surface area contributed by atoms with E-state index in [-0.39, 0.29) is 6.10 Å². The summed E-state index contributed by atoms with van der Waals surface area (Å²) in [5, 5.41) is 0.746. The van der Waals surface area contributed by atoms with Crippen LogP contribution in [-0.2, 0) is 6.42 Å². The third-order valence-corrected chi connectivity index (χ3v) is 4.97. The molecule has 0 spiro atoms. The molecule has 1 atom stereocenters. The molecule has 1 aliphatic rings. The van der Waals surface area contributed by atoms with Gasteiger partial charge >= 0.3 is 0 Å². The first kappa shape index (κ1) is 13.7. The van der Waals surface area contributed by atoms with Crippen LogP contribution in [0, 0.1) is 6.92 Å². The number of hydrogen-bond acceptors (Lipinski definition) is 3. The predicted molar refractivity (Wildman–Crippen MR) is 85.9 cm³/mol. The lowest BCUT2D eigenvalue weighted by Gasteiger charge is -2.11. The summed E-state index contributed by atoms with van der Waals surface area (Å²) in [6.45, 7) is 2.11. The predicted octanol–water partition coefficient (Wildman–Crippen LogP) is 4.33. The second kappa shape index (κ2) is 5.58. The van der Waals surface area contributed by atoms with Crippen molar-refractivity contribution in [3.8, 4) is 5.75 Å². The second-order valence-electron chi connectivity index (χ2n) is 5.06. The van der Waals surface area contributed by atoms with Crippen molar-refractivity contribution in [1.82, 2.24) is 0 Å². The van der Waals surface area contributed by atoms with Crippen molar-refractivity contribution in [3.05, 3.63) is 52.5 Å². The molecule has 0 fully saturated rings. The quantitative estimate of drug-likeness (QED) is 0.677. The molecular weight excluding hydrogens is 290 g/mol. The van der Waals surface area contributed by atoms with E-state index < -0.39 is 0 Å². The Bertz CT molecular complexity index is 644. The molecule has 0 aromatic heterocycles. The molecule has 0 amide bonds. The normalized spacial score (nSPS) is 16.8. The molecule has 2 nitrogen and oxygen atoms in total. The van der Waals surface area contributed by atoms with Crippen molar-refractivity contribution in [2.75, 3.05) is 11.5 Å². The molecule has 1 heterocycles. The third-order valence-electron chi connectivity index (χ3n) is 3.34. The van der Waals surface area contributed by atoms with Gasteiger partial charge in [0.05, 0.1) is 5.02 Å². The van der Waals surface area contributed by atoms with Gasteiger partial charge in [0, 0.05) is 22.8 Å². The zero-order chi connectivity index (χ0) is 14.1. The van der Waals surface area contributed by atoms with Crippen molar-refractivity contribution >= 4 is 29.1 Å². The Morgan fingerprint density at radius 2 is 2.15 bits per heavy atom. The lowest BCUT2D eigenvalue weighted by atomic mass is 10.1. The summed E-state index contributed by atoms with van der Waals surface area (Å²) in [7, 11) is 0. The monoisotopic (exact) mass is 305 g/mol. The number of nitrogen functional groups attached to an aromatic ring is 1. The van der Waals surface area contributed by atoms with Gasteiger partial charge in [-0.2, -0.15) is 0 Å². The minimum atomic E-state index is 0.203. The van der Waals surface area contributed by atoms with Crippen LogP contribution in [0.5, 0.6) is 5.75 Å². The highest BCUT2D eigenvalue weighted by Gasteiger charge is 2.23. The Morgan fingerprint density at radius 1 is 1.30 bits per heavy atom. The number of fused-ring (bicyclic) bond motifs is 1. The molecule has 0 bridgehead atoms. The number of benzene rings is 2. The van der Waals surface area contributed by atoms with E-state index in [1.165, 1.54) is 11.1 Å². The summed E-state index contributed by atoms with van der Waals surface area (Å²) in [5.41, 5.74) is 9.11. The van der Waals surface area contributed by atoms with Gasteiger partial charge < -0.3 is 10.5 Å². The number of ether oxygens (including phenoxy) is 1. The highest BCUT2D eigenvalue weighted by atomic mass is 35.5. The Labute approximate surface area is 128 Å². The lowest BCUT2D eigenvalue weighted by Crippen LogP contribution is -2.15. The van der Waals surface area contributed by atoms with Crippen molar-refractivity contribution in [3.63, 3.8) is 0 Å². The van der Waals surface area contributed by atoms with Crippen LogP contribution in [0.2, 0.25) is 5.02 Å². The Hall–Kier alpha value is -1.32. The minimum Gasteiger partial charge on any atom is -0.489 e. The fraction of sp³-hybridized carbons (Fsp3) is 0.250. The van der Waals surface area contributed by atoms with Gasteiger partial charge in [-0.05, 0) is 36.8 Å². The molecule has 20 heavy (non-hydrogen) atoms. The summed E-state index contributed by atoms with van der Waals surface area (Å²) in [6.07, 6.45) is 1.17. The fourth-order valence-electron chi connectivity index (χ4n) is 2.36. The van der Waals surface area contributed by atoms with Crippen LogP contribution in [0.4, 0.5) is 5.69 Å². The maximum absolute atomic E-state index is 6.17. The minimum absolute atomic E-state index is 0.203. The second-order valence-corrected chi connectivity index (χ2v) is 6.53. The summed E-state index contributed by atoms with van der Waals surface area (Å²) in [4.78, 5) is 1.02. The van der Waals surface area contributed by atoms with E-state index >= 15 is 0 Å². The summed E-state index contributed by atoms with van der Waals surface area (Å²) in [5.74, 6) is 1.89. The van der Waals surface area contributed by atoms with Crippen LogP contribution >= 0.6 is 23.4 Å². The molecule has 2 aromatic carbocycles. The van der Waals surface area contributed by atoms with Crippen LogP contribution in [0.1, 0.15) is 11.1 Å². The number of rotatable bonds is 3. The zero-order valence-electron chi connectivity index (χ0n) is 11.2. The van der Waals surface area contributed by atoms with Crippen molar-refractivity contribution in [1.29, 1.82) is 0 Å². The van der Waals surface area contributed by atoms with E-state index in [0.29, 0.717) is 0 Å². The highest BCUT2D eigenvalue weighted by Crippen LogP contribution is 2.34. The standard InChI is InChI=1S/C16H16ClNOS/c1-10-2-5-15-11(6-10)7-13(19-15)9-20-16-8-12(18)3-4-14(16)17/h2-6,8,13H,7,9,18H2,1H3. The van der Waals surface area contributed by atoms with Gasteiger partial charge in [-0.1, -0.05) is 29.3 Å². The smallest absolute Gasteiger partial charge is 0.123 e. The van der Waals surface area contributed by atoms with E-state index in [9.17, 15) is 0 Å². The van der Waals surface area contributed by atoms with Gasteiger partial charge in [0.15, 0.2) is 0 Å². The van der Waals surface area contributed by atoms with Gasteiger partial charge in [-0.25, -0.2) is 0 Å². The van der Waals surface area contributed by atoms with Crippen LogP contribution in [0.3, 0.4) is 0 Å². The Kier molecular flexibility index (Phi) is 3.81. The molecule has 1 aliphatic heterocycles. The van der Waals surface area contributed by atoms with E-state index in [1.807, 2.05) is 18.2 Å². The Balaban J connectivity index is 1.65. The van der Waals surface area contributed by atoms with Crippen LogP contribution in [0.15, 0.2) is 41.3 Å². The molecule has 3 rings (SSSR count). The van der Waals surface area contributed by atoms with Crippen LogP contribution in [0.25, 0.3) is 0 Å². The average molecular weight is 306 g/mol. The number of nitrogens with two attached hydrogens (primary N) is 1. The van der Waals surface area contributed by atoms with Gasteiger partial charge in [-0.15, -0.1) is 11.8 Å². The number of hydrogen-bond donors (Lipinski definition) is 1. The van der Waals surface area contributed by atoms with E-state index in [1.54, 1.807) is 11.8 Å². The SMILES string of the molecule is Cc1ccc2c(c1)CC(CSc1cc(N)ccc1Cl)O2. The van der Waals surface area contributed by atoms with E-state index in [0.717, 1.165) is 33.5 Å². The summed E-state index contributed by atoms with van der Waals surface area (Å²) < 4.78 is 5.96. The average Bonchev–Trinajstić information content (AvgIpc) is 2.81. The van der Waals surface area contributed by atoms with Gasteiger partial charge in [0.2, 0.25) is 0 Å². The molecule has 2 N–H and O–H groups in total. The first-order valence-corrected chi connectivity index (χ1v) is 7.92. The van der Waals surface area contributed by atoms with Gasteiger partial charge in [0.25, 0.3) is 0 Å². The molecule has 0 saturated carbocycles.